The highest BCUT2D eigenvalue weighted by molar-refractivity contribution is 4.99. The minimum absolute atomic E-state index is 0.337. The largest absolute Gasteiger partial charge is 0.297 e. The van der Waals surface area contributed by atoms with E-state index in [2.05, 4.69) is 24.8 Å². The SMILES string of the molecule is CC(C)CN1C2CCCC1CC(C#N)C2. The van der Waals surface area contributed by atoms with Crippen LogP contribution in [0, 0.1) is 23.2 Å². The third kappa shape index (κ3) is 2.34. The van der Waals surface area contributed by atoms with Gasteiger partial charge in [-0.15, -0.1) is 0 Å². The molecule has 84 valence electrons. The van der Waals surface area contributed by atoms with Gasteiger partial charge in [-0.3, -0.25) is 4.90 Å². The van der Waals surface area contributed by atoms with E-state index in [0.717, 1.165) is 18.8 Å². The van der Waals surface area contributed by atoms with Gasteiger partial charge in [-0.25, -0.2) is 0 Å². The van der Waals surface area contributed by atoms with Crippen LogP contribution in [-0.4, -0.2) is 23.5 Å². The molecule has 2 aliphatic heterocycles. The summed E-state index contributed by atoms with van der Waals surface area (Å²) in [6, 6.07) is 3.90. The Hall–Kier alpha value is -0.550. The van der Waals surface area contributed by atoms with E-state index >= 15 is 0 Å². The second-order valence-electron chi connectivity index (χ2n) is 5.63. The lowest BCUT2D eigenvalue weighted by atomic mass is 9.78. The van der Waals surface area contributed by atoms with Crippen molar-refractivity contribution in [2.45, 2.75) is 58.0 Å². The highest BCUT2D eigenvalue weighted by Gasteiger charge is 2.38. The van der Waals surface area contributed by atoms with Crippen molar-refractivity contribution in [3.05, 3.63) is 0 Å². The average molecular weight is 206 g/mol. The van der Waals surface area contributed by atoms with Gasteiger partial charge in [0.1, 0.15) is 0 Å². The zero-order chi connectivity index (χ0) is 10.8. The van der Waals surface area contributed by atoms with Crippen molar-refractivity contribution in [3.8, 4) is 6.07 Å². The molecule has 0 N–H and O–H groups in total. The molecular weight excluding hydrogens is 184 g/mol. The second-order valence-corrected chi connectivity index (χ2v) is 5.63. The third-order valence-corrected chi connectivity index (χ3v) is 3.88. The molecule has 0 aromatic carbocycles. The van der Waals surface area contributed by atoms with Crippen LogP contribution in [0.15, 0.2) is 0 Å². The molecule has 2 unspecified atom stereocenters. The maximum Gasteiger partial charge on any atom is 0.0657 e. The summed E-state index contributed by atoms with van der Waals surface area (Å²) >= 11 is 0. The summed E-state index contributed by atoms with van der Waals surface area (Å²) in [5, 5.41) is 9.05. The number of rotatable bonds is 2. The Bertz CT molecular complexity index is 240. The molecule has 2 bridgehead atoms. The molecule has 0 saturated carbocycles. The van der Waals surface area contributed by atoms with Crippen LogP contribution in [0.5, 0.6) is 0 Å². The fourth-order valence-corrected chi connectivity index (χ4v) is 3.30. The van der Waals surface area contributed by atoms with Gasteiger partial charge >= 0.3 is 0 Å². The summed E-state index contributed by atoms with van der Waals surface area (Å²) < 4.78 is 0. The number of fused-ring (bicyclic) bond motifs is 2. The normalized spacial score (nSPS) is 36.5. The lowest BCUT2D eigenvalue weighted by Crippen LogP contribution is -2.52. The van der Waals surface area contributed by atoms with E-state index in [-0.39, 0.29) is 0 Å². The van der Waals surface area contributed by atoms with E-state index in [4.69, 9.17) is 5.26 Å². The summed E-state index contributed by atoms with van der Waals surface area (Å²) in [6.45, 7) is 5.83. The van der Waals surface area contributed by atoms with Crippen LogP contribution in [0.4, 0.5) is 0 Å². The van der Waals surface area contributed by atoms with Crippen LogP contribution in [0.25, 0.3) is 0 Å². The monoisotopic (exact) mass is 206 g/mol. The minimum atomic E-state index is 0.337. The maximum atomic E-state index is 9.05. The van der Waals surface area contributed by atoms with Crippen LogP contribution in [-0.2, 0) is 0 Å². The number of nitriles is 1. The molecule has 2 rings (SSSR count). The molecule has 2 heterocycles. The Morgan fingerprint density at radius 3 is 2.33 bits per heavy atom. The summed E-state index contributed by atoms with van der Waals surface area (Å²) in [6.07, 6.45) is 6.27. The van der Waals surface area contributed by atoms with Gasteiger partial charge in [0.05, 0.1) is 6.07 Å². The molecule has 2 heteroatoms. The van der Waals surface area contributed by atoms with Crippen molar-refractivity contribution in [1.29, 1.82) is 5.26 Å². The molecule has 2 nitrogen and oxygen atoms in total. The summed E-state index contributed by atoms with van der Waals surface area (Å²) in [7, 11) is 0. The Kier molecular flexibility index (Phi) is 3.31. The first-order valence-electron chi connectivity index (χ1n) is 6.36. The summed E-state index contributed by atoms with van der Waals surface area (Å²) in [4.78, 5) is 2.70. The Labute approximate surface area is 93.3 Å². The average Bonchev–Trinajstić information content (AvgIpc) is 2.16. The van der Waals surface area contributed by atoms with Crippen molar-refractivity contribution in [2.75, 3.05) is 6.54 Å². The maximum absolute atomic E-state index is 9.05. The summed E-state index contributed by atoms with van der Waals surface area (Å²) in [5.41, 5.74) is 0. The van der Waals surface area contributed by atoms with Gasteiger partial charge < -0.3 is 0 Å². The number of hydrogen-bond donors (Lipinski definition) is 0. The number of nitrogens with zero attached hydrogens (tertiary/aromatic N) is 2. The molecule has 0 radical (unpaired) electrons. The van der Waals surface area contributed by atoms with Crippen molar-refractivity contribution in [1.82, 2.24) is 4.90 Å². The van der Waals surface area contributed by atoms with Crippen LogP contribution >= 0.6 is 0 Å². The molecule has 0 aliphatic carbocycles. The predicted molar refractivity (Wildman–Crippen MR) is 61.3 cm³/mol. The van der Waals surface area contributed by atoms with E-state index in [1.54, 1.807) is 0 Å². The quantitative estimate of drug-likeness (QED) is 0.694. The molecule has 0 amide bonds. The predicted octanol–water partition coefficient (Wildman–Crippen LogP) is 2.80. The van der Waals surface area contributed by atoms with Gasteiger partial charge in [0.15, 0.2) is 0 Å². The molecule has 15 heavy (non-hydrogen) atoms. The highest BCUT2D eigenvalue weighted by atomic mass is 15.2. The van der Waals surface area contributed by atoms with E-state index < -0.39 is 0 Å². The van der Waals surface area contributed by atoms with Crippen molar-refractivity contribution >= 4 is 0 Å². The van der Waals surface area contributed by atoms with E-state index in [9.17, 15) is 0 Å². The first-order valence-corrected chi connectivity index (χ1v) is 6.36. The van der Waals surface area contributed by atoms with Crippen molar-refractivity contribution in [2.24, 2.45) is 11.8 Å². The number of hydrogen-bond acceptors (Lipinski definition) is 2. The fraction of sp³-hybridized carbons (Fsp3) is 0.923. The molecule has 2 atom stereocenters. The third-order valence-electron chi connectivity index (χ3n) is 3.88. The zero-order valence-corrected chi connectivity index (χ0v) is 9.95. The molecule has 2 fully saturated rings. The van der Waals surface area contributed by atoms with Crippen molar-refractivity contribution < 1.29 is 0 Å². The molecule has 2 saturated heterocycles. The van der Waals surface area contributed by atoms with E-state index in [0.29, 0.717) is 18.0 Å². The van der Waals surface area contributed by atoms with E-state index in [1.807, 2.05) is 0 Å². The lowest BCUT2D eigenvalue weighted by Gasteiger charge is -2.48. The van der Waals surface area contributed by atoms with Crippen LogP contribution in [0.3, 0.4) is 0 Å². The lowest BCUT2D eigenvalue weighted by molar-refractivity contribution is 0.0165. The van der Waals surface area contributed by atoms with Crippen LogP contribution in [0.1, 0.15) is 46.0 Å². The van der Waals surface area contributed by atoms with Crippen LogP contribution in [0.2, 0.25) is 0 Å². The molecule has 0 aromatic heterocycles. The van der Waals surface area contributed by atoms with Gasteiger partial charge in [-0.05, 0) is 31.6 Å². The van der Waals surface area contributed by atoms with E-state index in [1.165, 1.54) is 25.8 Å². The van der Waals surface area contributed by atoms with Gasteiger partial charge in [0.25, 0.3) is 0 Å². The molecular formula is C13H22N2. The highest BCUT2D eigenvalue weighted by Crippen LogP contribution is 2.36. The molecule has 0 aromatic rings. The zero-order valence-electron chi connectivity index (χ0n) is 9.95. The van der Waals surface area contributed by atoms with Gasteiger partial charge in [-0.2, -0.15) is 5.26 Å². The number of piperidine rings is 2. The molecule has 0 spiro atoms. The first kappa shape index (κ1) is 11.0. The first-order chi connectivity index (χ1) is 7.20. The van der Waals surface area contributed by atoms with Gasteiger partial charge in [0.2, 0.25) is 0 Å². The van der Waals surface area contributed by atoms with Crippen molar-refractivity contribution in [3.63, 3.8) is 0 Å². The summed E-state index contributed by atoms with van der Waals surface area (Å²) in [5.74, 6) is 1.09. The Balaban J connectivity index is 2.04. The van der Waals surface area contributed by atoms with Gasteiger partial charge in [-0.1, -0.05) is 20.3 Å². The standard InChI is InChI=1S/C13H22N2/c1-10(2)9-15-12-4-3-5-13(15)7-11(6-12)8-14/h10-13H,3-7,9H2,1-2H3. The fourth-order valence-electron chi connectivity index (χ4n) is 3.30. The van der Waals surface area contributed by atoms with Gasteiger partial charge in [0, 0.05) is 24.5 Å². The Morgan fingerprint density at radius 1 is 1.27 bits per heavy atom. The topological polar surface area (TPSA) is 27.0 Å². The van der Waals surface area contributed by atoms with Crippen LogP contribution < -0.4 is 0 Å². The smallest absolute Gasteiger partial charge is 0.0657 e. The second kappa shape index (κ2) is 4.53. The molecule has 2 aliphatic rings. The Morgan fingerprint density at radius 2 is 1.87 bits per heavy atom. The minimum Gasteiger partial charge on any atom is -0.297 e.